The number of rotatable bonds is 3. The lowest BCUT2D eigenvalue weighted by Gasteiger charge is -2.28. The van der Waals surface area contributed by atoms with Gasteiger partial charge in [-0.1, -0.05) is 17.7 Å². The van der Waals surface area contributed by atoms with Crippen molar-refractivity contribution in [3.63, 3.8) is 0 Å². The molecule has 1 saturated heterocycles. The van der Waals surface area contributed by atoms with Crippen LogP contribution in [0.4, 0.5) is 0 Å². The van der Waals surface area contributed by atoms with E-state index in [4.69, 9.17) is 15.2 Å². The minimum atomic E-state index is 0.0498. The first kappa shape index (κ1) is 12.4. The van der Waals surface area contributed by atoms with Gasteiger partial charge in [-0.15, -0.1) is 0 Å². The van der Waals surface area contributed by atoms with Gasteiger partial charge in [0.25, 0.3) is 0 Å². The normalized spacial score (nSPS) is 19.0. The average Bonchev–Trinajstić information content (AvgIpc) is 2.39. The molecule has 1 aliphatic heterocycles. The summed E-state index contributed by atoms with van der Waals surface area (Å²) in [6.07, 6.45) is 2.08. The zero-order valence-electron chi connectivity index (χ0n) is 10.6. The second-order valence-corrected chi connectivity index (χ2v) is 4.72. The molecule has 0 radical (unpaired) electrons. The van der Waals surface area contributed by atoms with Gasteiger partial charge in [0, 0.05) is 24.8 Å². The van der Waals surface area contributed by atoms with Crippen molar-refractivity contribution in [2.45, 2.75) is 25.8 Å². The van der Waals surface area contributed by atoms with Gasteiger partial charge in [-0.3, -0.25) is 0 Å². The molecule has 1 fully saturated rings. The third-order valence-corrected chi connectivity index (χ3v) is 3.52. The zero-order chi connectivity index (χ0) is 12.3. The molecule has 1 aromatic carbocycles. The summed E-state index contributed by atoms with van der Waals surface area (Å²) in [7, 11) is 1.70. The Morgan fingerprint density at radius 3 is 2.71 bits per heavy atom. The number of aryl methyl sites for hydroxylation is 1. The quantitative estimate of drug-likeness (QED) is 0.875. The second-order valence-electron chi connectivity index (χ2n) is 4.72. The van der Waals surface area contributed by atoms with Crippen LogP contribution < -0.4 is 10.5 Å². The highest BCUT2D eigenvalue weighted by Crippen LogP contribution is 2.33. The number of hydrogen-bond acceptors (Lipinski definition) is 3. The highest BCUT2D eigenvalue weighted by atomic mass is 16.5. The Hall–Kier alpha value is -1.06. The summed E-state index contributed by atoms with van der Waals surface area (Å²) in [4.78, 5) is 0. The minimum Gasteiger partial charge on any atom is -0.496 e. The topological polar surface area (TPSA) is 44.5 Å². The van der Waals surface area contributed by atoms with Crippen molar-refractivity contribution in [3.8, 4) is 5.75 Å². The number of methoxy groups -OCH3 is 1. The highest BCUT2D eigenvalue weighted by Gasteiger charge is 2.24. The smallest absolute Gasteiger partial charge is 0.123 e. The van der Waals surface area contributed by atoms with Crippen LogP contribution in [0.3, 0.4) is 0 Å². The van der Waals surface area contributed by atoms with Crippen molar-refractivity contribution in [1.29, 1.82) is 0 Å². The van der Waals surface area contributed by atoms with Crippen molar-refractivity contribution >= 4 is 0 Å². The van der Waals surface area contributed by atoms with E-state index in [1.54, 1.807) is 7.11 Å². The van der Waals surface area contributed by atoms with E-state index in [9.17, 15) is 0 Å². The summed E-state index contributed by atoms with van der Waals surface area (Å²) in [5.74, 6) is 1.40. The first-order chi connectivity index (χ1) is 8.22. The molecule has 1 heterocycles. The molecule has 0 saturated carbocycles. The Balaban J connectivity index is 2.21. The van der Waals surface area contributed by atoms with E-state index >= 15 is 0 Å². The molecule has 3 heteroatoms. The Bertz CT molecular complexity index is 372. The standard InChI is InChI=1S/C14H21NO2/c1-10-3-4-13(16-2)12(9-10)14(15)11-5-7-17-8-6-11/h3-4,9,11,14H,5-8,15H2,1-2H3. The fourth-order valence-corrected chi connectivity index (χ4v) is 2.44. The number of ether oxygens (including phenoxy) is 2. The van der Waals surface area contributed by atoms with Crippen LogP contribution in [0.5, 0.6) is 5.75 Å². The molecule has 0 bridgehead atoms. The molecule has 0 aliphatic carbocycles. The van der Waals surface area contributed by atoms with Crippen LogP contribution in [-0.4, -0.2) is 20.3 Å². The highest BCUT2D eigenvalue weighted by molar-refractivity contribution is 5.39. The fourth-order valence-electron chi connectivity index (χ4n) is 2.44. The lowest BCUT2D eigenvalue weighted by atomic mass is 9.87. The number of hydrogen-bond donors (Lipinski definition) is 1. The summed E-state index contributed by atoms with van der Waals surface area (Å²) >= 11 is 0. The molecule has 17 heavy (non-hydrogen) atoms. The molecular weight excluding hydrogens is 214 g/mol. The van der Waals surface area contributed by atoms with Gasteiger partial charge in [0.1, 0.15) is 5.75 Å². The van der Waals surface area contributed by atoms with Crippen LogP contribution >= 0.6 is 0 Å². The van der Waals surface area contributed by atoms with Gasteiger partial charge in [0.15, 0.2) is 0 Å². The van der Waals surface area contributed by atoms with Crippen molar-refractivity contribution in [1.82, 2.24) is 0 Å². The maximum Gasteiger partial charge on any atom is 0.123 e. The number of benzene rings is 1. The second kappa shape index (κ2) is 5.52. The lowest BCUT2D eigenvalue weighted by Crippen LogP contribution is -2.27. The molecule has 2 rings (SSSR count). The molecule has 0 spiro atoms. The van der Waals surface area contributed by atoms with Crippen LogP contribution in [-0.2, 0) is 4.74 Å². The van der Waals surface area contributed by atoms with Gasteiger partial charge in [-0.2, -0.15) is 0 Å². The zero-order valence-corrected chi connectivity index (χ0v) is 10.6. The molecule has 3 nitrogen and oxygen atoms in total. The predicted octanol–water partition coefficient (Wildman–Crippen LogP) is 2.43. The summed E-state index contributed by atoms with van der Waals surface area (Å²) < 4.78 is 10.8. The van der Waals surface area contributed by atoms with E-state index < -0.39 is 0 Å². The van der Waals surface area contributed by atoms with E-state index in [0.717, 1.165) is 37.4 Å². The van der Waals surface area contributed by atoms with Crippen molar-refractivity contribution in [2.75, 3.05) is 20.3 Å². The molecule has 1 aliphatic rings. The van der Waals surface area contributed by atoms with Gasteiger partial charge < -0.3 is 15.2 Å². The molecule has 2 N–H and O–H groups in total. The molecule has 1 aromatic rings. The maximum atomic E-state index is 6.38. The van der Waals surface area contributed by atoms with Gasteiger partial charge in [0.2, 0.25) is 0 Å². The first-order valence-electron chi connectivity index (χ1n) is 6.20. The third-order valence-electron chi connectivity index (χ3n) is 3.52. The van der Waals surface area contributed by atoms with E-state index in [1.807, 2.05) is 6.07 Å². The Labute approximate surface area is 103 Å². The van der Waals surface area contributed by atoms with Crippen LogP contribution in [0.15, 0.2) is 18.2 Å². The van der Waals surface area contributed by atoms with Gasteiger partial charge in [-0.25, -0.2) is 0 Å². The van der Waals surface area contributed by atoms with Crippen molar-refractivity contribution < 1.29 is 9.47 Å². The molecule has 1 atom stereocenters. The fraction of sp³-hybridized carbons (Fsp3) is 0.571. The van der Waals surface area contributed by atoms with Crippen LogP contribution in [0, 0.1) is 12.8 Å². The molecule has 0 aromatic heterocycles. The predicted molar refractivity (Wildman–Crippen MR) is 68.2 cm³/mol. The van der Waals surface area contributed by atoms with Crippen LogP contribution in [0.25, 0.3) is 0 Å². The molecule has 0 amide bonds. The SMILES string of the molecule is COc1ccc(C)cc1C(N)C1CCOCC1. The minimum absolute atomic E-state index is 0.0498. The van der Waals surface area contributed by atoms with Crippen LogP contribution in [0.1, 0.15) is 30.0 Å². The summed E-state index contributed by atoms with van der Waals surface area (Å²) in [6, 6.07) is 6.25. The molecular formula is C14H21NO2. The van der Waals surface area contributed by atoms with E-state index in [2.05, 4.69) is 19.1 Å². The van der Waals surface area contributed by atoms with Gasteiger partial charge in [-0.05, 0) is 31.7 Å². The van der Waals surface area contributed by atoms with Crippen LogP contribution in [0.2, 0.25) is 0 Å². The number of nitrogens with two attached hydrogens (primary N) is 1. The van der Waals surface area contributed by atoms with Gasteiger partial charge >= 0.3 is 0 Å². The van der Waals surface area contributed by atoms with E-state index in [-0.39, 0.29) is 6.04 Å². The van der Waals surface area contributed by atoms with Crippen molar-refractivity contribution in [3.05, 3.63) is 29.3 Å². The largest absolute Gasteiger partial charge is 0.496 e. The van der Waals surface area contributed by atoms with E-state index in [0.29, 0.717) is 5.92 Å². The summed E-state index contributed by atoms with van der Waals surface area (Å²) in [5, 5.41) is 0. The lowest BCUT2D eigenvalue weighted by molar-refractivity contribution is 0.0581. The average molecular weight is 235 g/mol. The summed E-state index contributed by atoms with van der Waals surface area (Å²) in [6.45, 7) is 3.73. The Morgan fingerprint density at radius 2 is 2.06 bits per heavy atom. The summed E-state index contributed by atoms with van der Waals surface area (Å²) in [5.41, 5.74) is 8.73. The van der Waals surface area contributed by atoms with Gasteiger partial charge in [0.05, 0.1) is 7.11 Å². The maximum absolute atomic E-state index is 6.38. The first-order valence-corrected chi connectivity index (χ1v) is 6.20. The third kappa shape index (κ3) is 2.79. The molecule has 1 unspecified atom stereocenters. The Morgan fingerprint density at radius 1 is 1.35 bits per heavy atom. The Kier molecular flexibility index (Phi) is 4.02. The monoisotopic (exact) mass is 235 g/mol. The molecule has 94 valence electrons. The van der Waals surface area contributed by atoms with Crippen molar-refractivity contribution in [2.24, 2.45) is 11.7 Å². The van der Waals surface area contributed by atoms with E-state index in [1.165, 1.54) is 5.56 Å².